The molecule has 0 aliphatic carbocycles. The van der Waals surface area contributed by atoms with Crippen molar-refractivity contribution in [2.75, 3.05) is 17.5 Å². The largest absolute Gasteiger partial charge is 0.493 e. The van der Waals surface area contributed by atoms with E-state index in [0.29, 0.717) is 51.5 Å². The molecule has 8 nitrogen and oxygen atoms in total. The third-order valence-corrected chi connectivity index (χ3v) is 10.1. The zero-order valence-electron chi connectivity index (χ0n) is 26.1. The minimum Gasteiger partial charge on any atom is -0.493 e. The number of imidazole rings is 1. The fourth-order valence-electron chi connectivity index (χ4n) is 5.76. The predicted molar refractivity (Wildman–Crippen MR) is 194 cm³/mol. The van der Waals surface area contributed by atoms with E-state index in [2.05, 4.69) is 42.5 Å². The fourth-order valence-corrected chi connectivity index (χ4v) is 7.41. The number of anilines is 1. The van der Waals surface area contributed by atoms with Gasteiger partial charge in [-0.05, 0) is 70.8 Å². The molecule has 0 radical (unpaired) electrons. The fraction of sp³-hybridized carbons (Fsp3) is 0.105. The SMILES string of the molecule is O=C1CN(c2cccc(-n3cc(-c4ccc(Cl)cc4Cl)nc3Cc3ccc(-c4cccc(OCCc5ccccc5)c4)cc3)c2)S(=O)(=O)N1. The average Bonchev–Trinajstić information content (AvgIpc) is 3.64. The molecule has 1 aliphatic rings. The van der Waals surface area contributed by atoms with Gasteiger partial charge in [0.1, 0.15) is 18.1 Å². The summed E-state index contributed by atoms with van der Waals surface area (Å²) in [6, 6.07) is 38.8. The van der Waals surface area contributed by atoms with E-state index in [0.717, 1.165) is 33.2 Å². The maximum atomic E-state index is 12.6. The van der Waals surface area contributed by atoms with Crippen molar-refractivity contribution in [3.05, 3.63) is 155 Å². The third kappa shape index (κ3) is 7.34. The van der Waals surface area contributed by atoms with Crippen molar-refractivity contribution in [3.8, 4) is 33.8 Å². The molecule has 1 fully saturated rings. The smallest absolute Gasteiger partial charge is 0.326 e. The Labute approximate surface area is 294 Å². The number of aromatic nitrogens is 2. The molecule has 2 heterocycles. The lowest BCUT2D eigenvalue weighted by Gasteiger charge is -2.16. The number of ether oxygens (including phenoxy) is 1. The van der Waals surface area contributed by atoms with Crippen molar-refractivity contribution in [3.63, 3.8) is 0 Å². The normalized spacial score (nSPS) is 13.8. The molecule has 246 valence electrons. The van der Waals surface area contributed by atoms with Gasteiger partial charge in [-0.3, -0.25) is 4.79 Å². The zero-order chi connectivity index (χ0) is 34.0. The summed E-state index contributed by atoms with van der Waals surface area (Å²) in [4.78, 5) is 16.9. The lowest BCUT2D eigenvalue weighted by Crippen LogP contribution is -2.29. The number of halogens is 2. The Morgan fingerprint density at radius 2 is 1.55 bits per heavy atom. The summed E-state index contributed by atoms with van der Waals surface area (Å²) in [5, 5.41) is 0.973. The van der Waals surface area contributed by atoms with E-state index in [1.54, 1.807) is 30.3 Å². The van der Waals surface area contributed by atoms with Gasteiger partial charge >= 0.3 is 10.2 Å². The summed E-state index contributed by atoms with van der Waals surface area (Å²) in [5.41, 5.74) is 6.73. The van der Waals surface area contributed by atoms with Crippen molar-refractivity contribution in [2.24, 2.45) is 0 Å². The minimum atomic E-state index is -3.97. The van der Waals surface area contributed by atoms with Gasteiger partial charge in [0, 0.05) is 35.3 Å². The predicted octanol–water partition coefficient (Wildman–Crippen LogP) is 7.91. The van der Waals surface area contributed by atoms with Crippen molar-refractivity contribution in [1.82, 2.24) is 14.3 Å². The highest BCUT2D eigenvalue weighted by molar-refractivity contribution is 7.92. The molecule has 0 bridgehead atoms. The van der Waals surface area contributed by atoms with Crippen LogP contribution in [0.2, 0.25) is 10.0 Å². The quantitative estimate of drug-likeness (QED) is 0.156. The Morgan fingerprint density at radius 3 is 2.31 bits per heavy atom. The van der Waals surface area contributed by atoms with Gasteiger partial charge in [0.2, 0.25) is 0 Å². The van der Waals surface area contributed by atoms with Crippen LogP contribution in [0.15, 0.2) is 128 Å². The molecule has 1 aromatic heterocycles. The highest BCUT2D eigenvalue weighted by Crippen LogP contribution is 2.33. The molecule has 1 N–H and O–H groups in total. The van der Waals surface area contributed by atoms with Crippen LogP contribution in [-0.2, 0) is 27.8 Å². The molecular weight excluding hydrogens is 679 g/mol. The zero-order valence-corrected chi connectivity index (χ0v) is 28.4. The van der Waals surface area contributed by atoms with Crippen LogP contribution in [0.1, 0.15) is 17.0 Å². The van der Waals surface area contributed by atoms with Crippen molar-refractivity contribution in [2.45, 2.75) is 12.8 Å². The standard InChI is InChI=1S/C38H30Cl2N4O4S/c39-30-16-17-34(35(40)22-30)36-24-43(31-9-5-10-32(23-31)44-25-38(45)42-49(44,46)47)37(41-36)20-27-12-14-28(15-13-27)29-8-4-11-33(21-29)48-19-18-26-6-2-1-3-7-26/h1-17,21-24H,18-20,25H2,(H,42,45). The minimum absolute atomic E-state index is 0.288. The number of nitrogens with zero attached hydrogens (tertiary/aromatic N) is 3. The summed E-state index contributed by atoms with van der Waals surface area (Å²) in [7, 11) is -3.97. The molecular formula is C38H30Cl2N4O4S. The van der Waals surface area contributed by atoms with E-state index in [1.807, 2.05) is 64.0 Å². The number of carbonyl (C=O) groups is 1. The maximum Gasteiger partial charge on any atom is 0.326 e. The third-order valence-electron chi connectivity index (χ3n) is 8.19. The summed E-state index contributed by atoms with van der Waals surface area (Å²) < 4.78 is 36.2. The van der Waals surface area contributed by atoms with Crippen LogP contribution in [0.4, 0.5) is 5.69 Å². The Bertz CT molecular complexity index is 2260. The van der Waals surface area contributed by atoms with Crippen LogP contribution >= 0.6 is 23.2 Å². The number of nitrogens with one attached hydrogen (secondary N) is 1. The number of amides is 1. The monoisotopic (exact) mass is 708 g/mol. The number of benzene rings is 5. The van der Waals surface area contributed by atoms with Gasteiger partial charge in [0.25, 0.3) is 5.91 Å². The molecule has 0 atom stereocenters. The second-order valence-corrected chi connectivity index (χ2v) is 14.0. The van der Waals surface area contributed by atoms with Gasteiger partial charge in [-0.1, -0.05) is 96.0 Å². The summed E-state index contributed by atoms with van der Waals surface area (Å²) in [5.74, 6) is 0.939. The molecule has 11 heteroatoms. The van der Waals surface area contributed by atoms with Crippen LogP contribution in [0.5, 0.6) is 5.75 Å². The molecule has 1 aliphatic heterocycles. The summed E-state index contributed by atoms with van der Waals surface area (Å²) in [6.45, 7) is 0.303. The molecule has 0 saturated carbocycles. The van der Waals surface area contributed by atoms with Crippen LogP contribution in [-0.4, -0.2) is 37.0 Å². The second-order valence-electron chi connectivity index (χ2n) is 11.6. The van der Waals surface area contributed by atoms with Gasteiger partial charge in [-0.15, -0.1) is 0 Å². The molecule has 6 aromatic rings. The van der Waals surface area contributed by atoms with Gasteiger partial charge in [-0.25, -0.2) is 14.0 Å². The first-order chi connectivity index (χ1) is 23.7. The summed E-state index contributed by atoms with van der Waals surface area (Å²) >= 11 is 12.7. The van der Waals surface area contributed by atoms with E-state index in [1.165, 1.54) is 5.56 Å². The average molecular weight is 710 g/mol. The molecule has 1 amide bonds. The second kappa shape index (κ2) is 13.8. The number of hydrogen-bond donors (Lipinski definition) is 1. The van der Waals surface area contributed by atoms with E-state index in [9.17, 15) is 13.2 Å². The first-order valence-corrected chi connectivity index (χ1v) is 17.7. The Kier molecular flexibility index (Phi) is 9.14. The highest BCUT2D eigenvalue weighted by Gasteiger charge is 2.34. The first kappa shape index (κ1) is 32.5. The highest BCUT2D eigenvalue weighted by atomic mass is 35.5. The van der Waals surface area contributed by atoms with Crippen LogP contribution < -0.4 is 13.8 Å². The summed E-state index contributed by atoms with van der Waals surface area (Å²) in [6.07, 6.45) is 3.17. The molecule has 49 heavy (non-hydrogen) atoms. The molecule has 1 saturated heterocycles. The van der Waals surface area contributed by atoms with Crippen LogP contribution in [0, 0.1) is 0 Å². The topological polar surface area (TPSA) is 93.5 Å². The molecule has 0 unspecified atom stereocenters. The Hall–Kier alpha value is -5.09. The number of carbonyl (C=O) groups excluding carboxylic acids is 1. The van der Waals surface area contributed by atoms with E-state index in [4.69, 9.17) is 32.9 Å². The van der Waals surface area contributed by atoms with Crippen molar-refractivity contribution in [1.29, 1.82) is 0 Å². The van der Waals surface area contributed by atoms with Crippen LogP contribution in [0.25, 0.3) is 28.1 Å². The van der Waals surface area contributed by atoms with Crippen LogP contribution in [0.3, 0.4) is 0 Å². The van der Waals surface area contributed by atoms with E-state index in [-0.39, 0.29) is 6.54 Å². The van der Waals surface area contributed by atoms with E-state index >= 15 is 0 Å². The van der Waals surface area contributed by atoms with Gasteiger partial charge in [0.05, 0.1) is 23.0 Å². The number of rotatable bonds is 10. The van der Waals surface area contributed by atoms with Gasteiger partial charge in [0.15, 0.2) is 0 Å². The Morgan fingerprint density at radius 1 is 0.776 bits per heavy atom. The van der Waals surface area contributed by atoms with Gasteiger partial charge in [-0.2, -0.15) is 8.42 Å². The lowest BCUT2D eigenvalue weighted by atomic mass is 10.0. The molecule has 0 spiro atoms. The van der Waals surface area contributed by atoms with Gasteiger partial charge < -0.3 is 9.30 Å². The maximum absolute atomic E-state index is 12.6. The van der Waals surface area contributed by atoms with E-state index < -0.39 is 16.1 Å². The molecule has 7 rings (SSSR count). The lowest BCUT2D eigenvalue weighted by molar-refractivity contribution is -0.117. The van der Waals surface area contributed by atoms with Crippen molar-refractivity contribution < 1.29 is 17.9 Å². The first-order valence-electron chi connectivity index (χ1n) is 15.6. The molecule has 5 aromatic carbocycles. The van der Waals surface area contributed by atoms with Crippen molar-refractivity contribution >= 4 is 45.0 Å². The number of hydrogen-bond acceptors (Lipinski definition) is 5. The Balaban J connectivity index is 1.16.